The molecular formula is C13H16N2O2S. The summed E-state index contributed by atoms with van der Waals surface area (Å²) in [5.41, 5.74) is 0. The van der Waals surface area contributed by atoms with Crippen molar-refractivity contribution in [3.8, 4) is 0 Å². The molecule has 3 heterocycles. The van der Waals surface area contributed by atoms with E-state index in [-0.39, 0.29) is 17.9 Å². The molecule has 2 saturated heterocycles. The number of hydrogen-bond donors (Lipinski definition) is 1. The van der Waals surface area contributed by atoms with Gasteiger partial charge in [-0.15, -0.1) is 11.3 Å². The highest BCUT2D eigenvalue weighted by Crippen LogP contribution is 2.26. The average Bonchev–Trinajstić information content (AvgIpc) is 2.91. The first-order valence-electron chi connectivity index (χ1n) is 6.36. The van der Waals surface area contributed by atoms with Crippen molar-refractivity contribution in [3.05, 3.63) is 22.4 Å². The molecule has 0 bridgehead atoms. The number of nitrogens with one attached hydrogen (secondary N) is 1. The van der Waals surface area contributed by atoms with E-state index in [1.54, 1.807) is 0 Å². The van der Waals surface area contributed by atoms with Gasteiger partial charge in [-0.1, -0.05) is 6.07 Å². The number of amides is 2. The lowest BCUT2D eigenvalue weighted by Crippen LogP contribution is -2.55. The largest absolute Gasteiger partial charge is 0.353 e. The van der Waals surface area contributed by atoms with Gasteiger partial charge in [0.1, 0.15) is 0 Å². The SMILES string of the molecule is O=C1CCC2CN(C(=O)c3cccs3)CCC2N1. The first kappa shape index (κ1) is 11.7. The minimum Gasteiger partial charge on any atom is -0.353 e. The Kier molecular flexibility index (Phi) is 3.07. The highest BCUT2D eigenvalue weighted by atomic mass is 32.1. The highest BCUT2D eigenvalue weighted by molar-refractivity contribution is 7.12. The molecule has 5 heteroatoms. The van der Waals surface area contributed by atoms with Gasteiger partial charge in [-0.05, 0) is 30.2 Å². The second-order valence-electron chi connectivity index (χ2n) is 4.99. The summed E-state index contributed by atoms with van der Waals surface area (Å²) >= 11 is 1.49. The zero-order valence-corrected chi connectivity index (χ0v) is 10.9. The van der Waals surface area contributed by atoms with E-state index in [0.717, 1.165) is 30.8 Å². The van der Waals surface area contributed by atoms with Gasteiger partial charge in [-0.2, -0.15) is 0 Å². The van der Waals surface area contributed by atoms with Crippen LogP contribution in [0.4, 0.5) is 0 Å². The molecule has 2 amide bonds. The van der Waals surface area contributed by atoms with Crippen molar-refractivity contribution in [2.24, 2.45) is 5.92 Å². The van der Waals surface area contributed by atoms with Gasteiger partial charge in [0.15, 0.2) is 0 Å². The molecular weight excluding hydrogens is 248 g/mol. The fourth-order valence-corrected chi connectivity index (χ4v) is 3.54. The lowest BCUT2D eigenvalue weighted by atomic mass is 9.85. The minimum atomic E-state index is 0.139. The van der Waals surface area contributed by atoms with Crippen molar-refractivity contribution in [2.75, 3.05) is 13.1 Å². The molecule has 2 unspecified atom stereocenters. The van der Waals surface area contributed by atoms with E-state index in [0.29, 0.717) is 12.3 Å². The van der Waals surface area contributed by atoms with Gasteiger partial charge in [-0.3, -0.25) is 9.59 Å². The predicted octanol–water partition coefficient (Wildman–Crippen LogP) is 1.49. The smallest absolute Gasteiger partial charge is 0.263 e. The summed E-state index contributed by atoms with van der Waals surface area (Å²) < 4.78 is 0. The minimum absolute atomic E-state index is 0.139. The summed E-state index contributed by atoms with van der Waals surface area (Å²) in [5, 5.41) is 4.97. The van der Waals surface area contributed by atoms with E-state index in [1.807, 2.05) is 22.4 Å². The molecule has 0 radical (unpaired) electrons. The number of likely N-dealkylation sites (tertiary alicyclic amines) is 1. The molecule has 96 valence electrons. The van der Waals surface area contributed by atoms with E-state index in [9.17, 15) is 9.59 Å². The number of rotatable bonds is 1. The molecule has 0 spiro atoms. The van der Waals surface area contributed by atoms with Crippen LogP contribution in [0.5, 0.6) is 0 Å². The predicted molar refractivity (Wildman–Crippen MR) is 69.5 cm³/mol. The topological polar surface area (TPSA) is 49.4 Å². The molecule has 0 aliphatic carbocycles. The van der Waals surface area contributed by atoms with Gasteiger partial charge in [0.25, 0.3) is 5.91 Å². The molecule has 2 aliphatic rings. The van der Waals surface area contributed by atoms with Crippen LogP contribution in [0, 0.1) is 5.92 Å². The maximum Gasteiger partial charge on any atom is 0.263 e. The normalized spacial score (nSPS) is 27.6. The summed E-state index contributed by atoms with van der Waals surface area (Å²) in [6, 6.07) is 4.06. The molecule has 1 aromatic rings. The van der Waals surface area contributed by atoms with Gasteiger partial charge in [0.2, 0.25) is 5.91 Å². The zero-order chi connectivity index (χ0) is 12.5. The molecule has 0 saturated carbocycles. The van der Waals surface area contributed by atoms with Crippen LogP contribution in [0.15, 0.2) is 17.5 Å². The van der Waals surface area contributed by atoms with Crippen molar-refractivity contribution in [1.29, 1.82) is 0 Å². The molecule has 1 N–H and O–H groups in total. The average molecular weight is 264 g/mol. The summed E-state index contributed by atoms with van der Waals surface area (Å²) in [5.74, 6) is 0.731. The zero-order valence-electron chi connectivity index (χ0n) is 10.1. The number of hydrogen-bond acceptors (Lipinski definition) is 3. The van der Waals surface area contributed by atoms with Crippen LogP contribution >= 0.6 is 11.3 Å². The standard InChI is InChI=1S/C13H16N2O2S/c16-12-4-3-9-8-15(6-5-10(9)14-12)13(17)11-2-1-7-18-11/h1-2,7,9-10H,3-6,8H2,(H,14,16). The number of carbonyl (C=O) groups excluding carboxylic acids is 2. The molecule has 4 nitrogen and oxygen atoms in total. The maximum absolute atomic E-state index is 12.2. The van der Waals surface area contributed by atoms with Gasteiger partial charge < -0.3 is 10.2 Å². The third kappa shape index (κ3) is 2.14. The number of thiophene rings is 1. The monoisotopic (exact) mass is 264 g/mol. The third-order valence-electron chi connectivity index (χ3n) is 3.84. The quantitative estimate of drug-likeness (QED) is 0.835. The first-order chi connectivity index (χ1) is 8.74. The van der Waals surface area contributed by atoms with Crippen LogP contribution in [-0.2, 0) is 4.79 Å². The number of piperidine rings is 2. The fraction of sp³-hybridized carbons (Fsp3) is 0.538. The van der Waals surface area contributed by atoms with Crippen LogP contribution in [-0.4, -0.2) is 35.8 Å². The highest BCUT2D eigenvalue weighted by Gasteiger charge is 2.35. The lowest BCUT2D eigenvalue weighted by Gasteiger charge is -2.41. The Morgan fingerprint density at radius 1 is 1.44 bits per heavy atom. The Balaban J connectivity index is 1.67. The van der Waals surface area contributed by atoms with E-state index >= 15 is 0 Å². The van der Waals surface area contributed by atoms with E-state index in [2.05, 4.69) is 5.32 Å². The van der Waals surface area contributed by atoms with Crippen molar-refractivity contribution in [2.45, 2.75) is 25.3 Å². The second kappa shape index (κ2) is 4.72. The van der Waals surface area contributed by atoms with Gasteiger partial charge in [0, 0.05) is 25.6 Å². The molecule has 2 fully saturated rings. The summed E-state index contributed by atoms with van der Waals surface area (Å²) in [6.07, 6.45) is 2.39. The van der Waals surface area contributed by atoms with Gasteiger partial charge in [0.05, 0.1) is 4.88 Å². The Hall–Kier alpha value is -1.36. The molecule has 18 heavy (non-hydrogen) atoms. The van der Waals surface area contributed by atoms with Gasteiger partial charge in [-0.25, -0.2) is 0 Å². The molecule has 1 aromatic heterocycles. The lowest BCUT2D eigenvalue weighted by molar-refractivity contribution is -0.125. The summed E-state index contributed by atoms with van der Waals surface area (Å²) in [4.78, 5) is 26.3. The van der Waals surface area contributed by atoms with Crippen molar-refractivity contribution in [3.63, 3.8) is 0 Å². The number of carbonyl (C=O) groups is 2. The number of nitrogens with zero attached hydrogens (tertiary/aromatic N) is 1. The first-order valence-corrected chi connectivity index (χ1v) is 7.24. The second-order valence-corrected chi connectivity index (χ2v) is 5.94. The molecule has 2 atom stereocenters. The van der Waals surface area contributed by atoms with Crippen LogP contribution in [0.25, 0.3) is 0 Å². The molecule has 0 aromatic carbocycles. The van der Waals surface area contributed by atoms with E-state index in [1.165, 1.54) is 11.3 Å². The number of fused-ring (bicyclic) bond motifs is 1. The maximum atomic E-state index is 12.2. The van der Waals surface area contributed by atoms with Crippen LogP contribution in [0.3, 0.4) is 0 Å². The molecule has 2 aliphatic heterocycles. The van der Waals surface area contributed by atoms with Crippen molar-refractivity contribution < 1.29 is 9.59 Å². The van der Waals surface area contributed by atoms with Gasteiger partial charge >= 0.3 is 0 Å². The van der Waals surface area contributed by atoms with Crippen LogP contribution in [0.1, 0.15) is 28.9 Å². The Morgan fingerprint density at radius 3 is 3.11 bits per heavy atom. The Bertz CT molecular complexity index is 458. The van der Waals surface area contributed by atoms with Crippen molar-refractivity contribution >= 4 is 23.2 Å². The summed E-state index contributed by atoms with van der Waals surface area (Å²) in [6.45, 7) is 1.53. The third-order valence-corrected chi connectivity index (χ3v) is 4.70. The summed E-state index contributed by atoms with van der Waals surface area (Å²) in [7, 11) is 0. The molecule has 3 rings (SSSR count). The van der Waals surface area contributed by atoms with Crippen LogP contribution in [0.2, 0.25) is 0 Å². The Morgan fingerprint density at radius 2 is 2.33 bits per heavy atom. The van der Waals surface area contributed by atoms with Crippen LogP contribution < -0.4 is 5.32 Å². The van der Waals surface area contributed by atoms with E-state index < -0.39 is 0 Å². The Labute approximate surface area is 110 Å². The fourth-order valence-electron chi connectivity index (χ4n) is 2.85. The van der Waals surface area contributed by atoms with Crippen molar-refractivity contribution in [1.82, 2.24) is 10.2 Å². The van der Waals surface area contributed by atoms with E-state index in [4.69, 9.17) is 0 Å².